The molecule has 7 nitrogen and oxygen atoms in total. The number of allylic oxidation sites excluding steroid dienone is 1. The predicted molar refractivity (Wildman–Crippen MR) is 173 cm³/mol. The molecule has 2 unspecified atom stereocenters. The van der Waals surface area contributed by atoms with Gasteiger partial charge in [-0.2, -0.15) is 0 Å². The molecule has 2 heterocycles. The van der Waals surface area contributed by atoms with E-state index in [0.717, 1.165) is 34.6 Å². The molecule has 0 radical (unpaired) electrons. The highest BCUT2D eigenvalue weighted by Crippen LogP contribution is 2.45. The maximum Gasteiger partial charge on any atom is 0.339 e. The lowest BCUT2D eigenvalue weighted by atomic mass is 9.69. The number of ether oxygens (including phenoxy) is 3. The van der Waals surface area contributed by atoms with Crippen molar-refractivity contribution in [2.24, 2.45) is 11.3 Å². The number of nitrogens with one attached hydrogen (secondary N) is 1. The number of carbonyl (C=O) groups is 2. The predicted octanol–water partition coefficient (Wildman–Crippen LogP) is 8.60. The van der Waals surface area contributed by atoms with E-state index < -0.39 is 18.0 Å². The summed E-state index contributed by atoms with van der Waals surface area (Å²) in [6.45, 7) is 8.37. The second-order valence-electron chi connectivity index (χ2n) is 12.2. The van der Waals surface area contributed by atoms with Crippen molar-refractivity contribution < 1.29 is 23.8 Å². The summed E-state index contributed by atoms with van der Waals surface area (Å²) in [7, 11) is 0. The molecule has 1 aliphatic carbocycles. The number of carbonyl (C=O) groups excluding carboxylic acids is 2. The molecule has 1 N–H and O–H groups in total. The molecule has 1 aliphatic heterocycles. The molecule has 2 aliphatic rings. The van der Waals surface area contributed by atoms with E-state index in [1.807, 2.05) is 42.5 Å². The molecule has 2 atom stereocenters. The van der Waals surface area contributed by atoms with Crippen molar-refractivity contribution in [2.75, 3.05) is 12.1 Å². The molecule has 226 valence electrons. The SMILES string of the molecule is CC(OC(=O)c1c2c(nc3ccccc13)/C(=C/c1ccc3c(c1)OCO3)CC(C(C)(C)C)C2)C(=O)Nc1ccc(Cl)cc1Cl. The van der Waals surface area contributed by atoms with E-state index in [1.165, 1.54) is 13.0 Å². The number of fused-ring (bicyclic) bond motifs is 3. The molecule has 6 rings (SSSR count). The summed E-state index contributed by atoms with van der Waals surface area (Å²) < 4.78 is 16.9. The Morgan fingerprint density at radius 3 is 2.57 bits per heavy atom. The van der Waals surface area contributed by atoms with Crippen LogP contribution < -0.4 is 14.8 Å². The van der Waals surface area contributed by atoms with Crippen LogP contribution >= 0.6 is 23.2 Å². The summed E-state index contributed by atoms with van der Waals surface area (Å²) in [5, 5.41) is 4.14. The fourth-order valence-electron chi connectivity index (χ4n) is 5.67. The van der Waals surface area contributed by atoms with E-state index in [0.29, 0.717) is 39.3 Å². The van der Waals surface area contributed by atoms with Gasteiger partial charge in [-0.05, 0) is 90.3 Å². The first-order chi connectivity index (χ1) is 21.0. The Balaban J connectivity index is 1.40. The Hall–Kier alpha value is -4.07. The fourth-order valence-corrected chi connectivity index (χ4v) is 6.13. The molecule has 0 bridgehead atoms. The normalized spacial score (nSPS) is 17.3. The third-order valence-electron chi connectivity index (χ3n) is 8.22. The number of esters is 1. The molecule has 4 aromatic rings. The van der Waals surface area contributed by atoms with Gasteiger partial charge in [-0.1, -0.05) is 68.2 Å². The van der Waals surface area contributed by atoms with Crippen LogP contribution in [0.15, 0.2) is 60.7 Å². The van der Waals surface area contributed by atoms with Crippen LogP contribution in [0.5, 0.6) is 11.5 Å². The van der Waals surface area contributed by atoms with Crippen LogP contribution in [-0.4, -0.2) is 29.8 Å². The zero-order valence-corrected chi connectivity index (χ0v) is 26.4. The highest BCUT2D eigenvalue weighted by Gasteiger charge is 2.36. The number of hydrogen-bond acceptors (Lipinski definition) is 6. The van der Waals surface area contributed by atoms with Crippen LogP contribution in [0.3, 0.4) is 0 Å². The van der Waals surface area contributed by atoms with Gasteiger partial charge in [-0.25, -0.2) is 9.78 Å². The van der Waals surface area contributed by atoms with Gasteiger partial charge in [-0.3, -0.25) is 4.79 Å². The first-order valence-corrected chi connectivity index (χ1v) is 15.2. The number of para-hydroxylation sites is 1. The largest absolute Gasteiger partial charge is 0.454 e. The highest BCUT2D eigenvalue weighted by molar-refractivity contribution is 6.36. The van der Waals surface area contributed by atoms with E-state index in [2.05, 4.69) is 32.2 Å². The van der Waals surface area contributed by atoms with Gasteiger partial charge in [0, 0.05) is 10.4 Å². The quantitative estimate of drug-likeness (QED) is 0.222. The Morgan fingerprint density at radius 2 is 1.80 bits per heavy atom. The molecule has 1 amide bonds. The van der Waals surface area contributed by atoms with Crippen LogP contribution in [0.4, 0.5) is 5.69 Å². The van der Waals surface area contributed by atoms with Crippen molar-refractivity contribution in [3.8, 4) is 11.5 Å². The van der Waals surface area contributed by atoms with Gasteiger partial charge < -0.3 is 19.5 Å². The minimum atomic E-state index is -1.09. The highest BCUT2D eigenvalue weighted by atomic mass is 35.5. The summed E-state index contributed by atoms with van der Waals surface area (Å²) >= 11 is 12.2. The summed E-state index contributed by atoms with van der Waals surface area (Å²) in [5.74, 6) is 0.546. The Labute approximate surface area is 266 Å². The van der Waals surface area contributed by atoms with Gasteiger partial charge >= 0.3 is 5.97 Å². The van der Waals surface area contributed by atoms with Crippen molar-refractivity contribution in [3.63, 3.8) is 0 Å². The van der Waals surface area contributed by atoms with Gasteiger partial charge in [0.05, 0.1) is 27.5 Å². The average molecular weight is 632 g/mol. The lowest BCUT2D eigenvalue weighted by Gasteiger charge is -2.36. The lowest BCUT2D eigenvalue weighted by molar-refractivity contribution is -0.123. The zero-order valence-electron chi connectivity index (χ0n) is 24.9. The molecule has 3 aromatic carbocycles. The molecule has 0 saturated heterocycles. The van der Waals surface area contributed by atoms with Crippen LogP contribution in [0.2, 0.25) is 10.0 Å². The summed E-state index contributed by atoms with van der Waals surface area (Å²) in [6.07, 6.45) is 2.44. The number of benzene rings is 3. The molecule has 44 heavy (non-hydrogen) atoms. The molecular weight excluding hydrogens is 599 g/mol. The minimum absolute atomic E-state index is 0.0521. The Morgan fingerprint density at radius 1 is 1.02 bits per heavy atom. The summed E-state index contributed by atoms with van der Waals surface area (Å²) in [4.78, 5) is 32.2. The standard InChI is InChI=1S/C35H32Cl2N2O5/c1-19(33(40)39-28-11-10-23(36)17-26(28)37)44-34(41)31-24-7-5-6-8-27(24)38-32-21(15-22(16-25(31)32)35(2,3)4)13-20-9-12-29-30(14-20)43-18-42-29/h5-14,17,19,22H,15-16,18H2,1-4H3,(H,39,40)/b21-13+. The van der Waals surface area contributed by atoms with E-state index in [1.54, 1.807) is 12.1 Å². The number of halogens is 2. The second-order valence-corrected chi connectivity index (χ2v) is 13.1. The number of amides is 1. The maximum absolute atomic E-state index is 14.0. The fraction of sp³-hybridized carbons (Fsp3) is 0.286. The minimum Gasteiger partial charge on any atom is -0.454 e. The monoisotopic (exact) mass is 630 g/mol. The van der Waals surface area contributed by atoms with Crippen LogP contribution in [-0.2, 0) is 16.0 Å². The Kier molecular flexibility index (Phi) is 8.03. The van der Waals surface area contributed by atoms with Gasteiger partial charge in [0.1, 0.15) is 0 Å². The number of aromatic nitrogens is 1. The first kappa shape index (κ1) is 30.0. The van der Waals surface area contributed by atoms with Gasteiger partial charge in [0.25, 0.3) is 5.91 Å². The van der Waals surface area contributed by atoms with E-state index in [4.69, 9.17) is 42.4 Å². The topological polar surface area (TPSA) is 86.8 Å². The third-order valence-corrected chi connectivity index (χ3v) is 8.77. The number of pyridine rings is 1. The summed E-state index contributed by atoms with van der Waals surface area (Å²) in [5.41, 5.74) is 4.99. The second kappa shape index (κ2) is 11.8. The lowest BCUT2D eigenvalue weighted by Crippen LogP contribution is -2.32. The van der Waals surface area contributed by atoms with Crippen LogP contribution in [0.1, 0.15) is 61.3 Å². The maximum atomic E-state index is 14.0. The Bertz CT molecular complexity index is 1830. The number of nitrogens with zero attached hydrogens (tertiary/aromatic N) is 1. The van der Waals surface area contributed by atoms with Crippen LogP contribution in [0.25, 0.3) is 22.6 Å². The molecular formula is C35H32Cl2N2O5. The molecule has 0 saturated carbocycles. The van der Waals surface area contributed by atoms with Crippen molar-refractivity contribution in [1.82, 2.24) is 4.98 Å². The van der Waals surface area contributed by atoms with Crippen molar-refractivity contribution in [1.29, 1.82) is 0 Å². The molecule has 9 heteroatoms. The third kappa shape index (κ3) is 5.99. The molecule has 0 fully saturated rings. The van der Waals surface area contributed by atoms with Gasteiger partial charge in [-0.15, -0.1) is 0 Å². The van der Waals surface area contributed by atoms with Crippen molar-refractivity contribution in [2.45, 2.75) is 46.6 Å². The van der Waals surface area contributed by atoms with Crippen molar-refractivity contribution >= 4 is 63.3 Å². The first-order valence-electron chi connectivity index (χ1n) is 14.5. The van der Waals surface area contributed by atoms with Crippen molar-refractivity contribution in [3.05, 3.63) is 93.1 Å². The van der Waals surface area contributed by atoms with Crippen LogP contribution in [0, 0.1) is 11.3 Å². The number of hydrogen-bond donors (Lipinski definition) is 1. The summed E-state index contributed by atoms with van der Waals surface area (Å²) in [6, 6.07) is 18.1. The van der Waals surface area contributed by atoms with Gasteiger partial charge in [0.2, 0.25) is 6.79 Å². The molecule has 1 aromatic heterocycles. The zero-order chi connectivity index (χ0) is 31.2. The number of anilines is 1. The van der Waals surface area contributed by atoms with E-state index in [-0.39, 0.29) is 23.1 Å². The molecule has 0 spiro atoms. The average Bonchev–Trinajstić information content (AvgIpc) is 3.45. The smallest absolute Gasteiger partial charge is 0.339 e. The van der Waals surface area contributed by atoms with E-state index >= 15 is 0 Å². The number of rotatable bonds is 5. The van der Waals surface area contributed by atoms with Gasteiger partial charge in [0.15, 0.2) is 17.6 Å². The van der Waals surface area contributed by atoms with E-state index in [9.17, 15) is 9.59 Å².